The third-order valence-corrected chi connectivity index (χ3v) is 3.77. The predicted molar refractivity (Wildman–Crippen MR) is 65.2 cm³/mol. The first kappa shape index (κ1) is 13.8. The minimum Gasteiger partial charge on any atom is -0.493 e. The summed E-state index contributed by atoms with van der Waals surface area (Å²) in [7, 11) is 1.26. The van der Waals surface area contributed by atoms with Crippen molar-refractivity contribution < 1.29 is 23.4 Å². The van der Waals surface area contributed by atoms with Crippen molar-refractivity contribution >= 4 is 5.97 Å². The van der Waals surface area contributed by atoms with Crippen LogP contribution < -0.4 is 4.74 Å². The van der Waals surface area contributed by atoms with Gasteiger partial charge in [0.15, 0.2) is 11.6 Å². The minimum atomic E-state index is -1.05. The third-order valence-electron chi connectivity index (χ3n) is 3.77. The third kappa shape index (κ3) is 2.55. The number of methoxy groups -OCH3 is 1. The lowest BCUT2D eigenvalue weighted by Crippen LogP contribution is -2.26. The van der Waals surface area contributed by atoms with E-state index in [1.807, 2.05) is 0 Å². The van der Waals surface area contributed by atoms with Crippen molar-refractivity contribution in [2.24, 2.45) is 5.92 Å². The second-order valence-electron chi connectivity index (χ2n) is 4.82. The lowest BCUT2D eigenvalue weighted by molar-refractivity contribution is -0.143. The van der Waals surface area contributed by atoms with Gasteiger partial charge in [0.05, 0.1) is 13.0 Å². The van der Waals surface area contributed by atoms with Gasteiger partial charge in [0.2, 0.25) is 5.82 Å². The molecular formula is C14H16F2O3. The Morgan fingerprint density at radius 2 is 2.00 bits per heavy atom. The highest BCUT2D eigenvalue weighted by molar-refractivity contribution is 5.72. The second-order valence-corrected chi connectivity index (χ2v) is 4.82. The smallest absolute Gasteiger partial charge is 0.307 e. The number of hydrogen-bond donors (Lipinski definition) is 1. The number of carboxylic acid groups (broad SMARTS) is 1. The summed E-state index contributed by atoms with van der Waals surface area (Å²) in [6.45, 7) is 0. The minimum absolute atomic E-state index is 0.168. The van der Waals surface area contributed by atoms with E-state index in [0.717, 1.165) is 18.9 Å². The molecule has 1 saturated carbocycles. The van der Waals surface area contributed by atoms with Gasteiger partial charge < -0.3 is 9.84 Å². The molecule has 104 valence electrons. The van der Waals surface area contributed by atoms with Crippen molar-refractivity contribution in [2.75, 3.05) is 7.11 Å². The summed E-state index contributed by atoms with van der Waals surface area (Å²) < 4.78 is 31.8. The fourth-order valence-corrected chi connectivity index (χ4v) is 2.85. The lowest BCUT2D eigenvalue weighted by atomic mass is 9.75. The van der Waals surface area contributed by atoms with Gasteiger partial charge in [-0.2, -0.15) is 4.39 Å². The molecule has 0 aliphatic heterocycles. The molecule has 1 N–H and O–H groups in total. The molecule has 2 unspecified atom stereocenters. The zero-order valence-corrected chi connectivity index (χ0v) is 10.7. The van der Waals surface area contributed by atoms with E-state index in [0.29, 0.717) is 18.4 Å². The van der Waals surface area contributed by atoms with Crippen LogP contribution in [0.25, 0.3) is 0 Å². The molecule has 1 aliphatic carbocycles. The van der Waals surface area contributed by atoms with E-state index in [1.165, 1.54) is 13.2 Å². The van der Waals surface area contributed by atoms with Crippen LogP contribution in [-0.4, -0.2) is 18.2 Å². The first-order chi connectivity index (χ1) is 9.06. The number of halogens is 2. The quantitative estimate of drug-likeness (QED) is 0.916. The Morgan fingerprint density at radius 1 is 1.32 bits per heavy atom. The van der Waals surface area contributed by atoms with E-state index in [2.05, 4.69) is 0 Å². The van der Waals surface area contributed by atoms with Gasteiger partial charge in [0.1, 0.15) is 0 Å². The standard InChI is InChI=1S/C14H16F2O3/c1-19-13-9(6-7-11(15)12(13)16)8-4-2-3-5-10(8)14(17)18/h6-8,10H,2-5H2,1H3,(H,17,18). The first-order valence-corrected chi connectivity index (χ1v) is 6.31. The summed E-state index contributed by atoms with van der Waals surface area (Å²) in [5, 5.41) is 9.25. The molecule has 0 radical (unpaired) electrons. The van der Waals surface area contributed by atoms with Crippen LogP contribution in [0.2, 0.25) is 0 Å². The molecule has 2 atom stereocenters. The summed E-state index contributed by atoms with van der Waals surface area (Å²) in [5.41, 5.74) is 0.452. The van der Waals surface area contributed by atoms with Gasteiger partial charge in [-0.05, 0) is 18.9 Å². The maximum absolute atomic E-state index is 13.7. The fourth-order valence-electron chi connectivity index (χ4n) is 2.85. The van der Waals surface area contributed by atoms with Gasteiger partial charge in [0, 0.05) is 11.5 Å². The summed E-state index contributed by atoms with van der Waals surface area (Å²) in [5.74, 6) is -3.98. The van der Waals surface area contributed by atoms with E-state index >= 15 is 0 Å². The van der Waals surface area contributed by atoms with Crippen LogP contribution >= 0.6 is 0 Å². The van der Waals surface area contributed by atoms with Gasteiger partial charge in [-0.15, -0.1) is 0 Å². The second kappa shape index (κ2) is 5.55. The van der Waals surface area contributed by atoms with E-state index in [1.54, 1.807) is 0 Å². The Balaban J connectivity index is 2.44. The molecule has 0 heterocycles. The molecule has 0 spiro atoms. The number of carbonyl (C=O) groups is 1. The van der Waals surface area contributed by atoms with Gasteiger partial charge in [-0.1, -0.05) is 18.9 Å². The number of aliphatic carboxylic acids is 1. The van der Waals surface area contributed by atoms with Crippen molar-refractivity contribution in [3.8, 4) is 5.75 Å². The summed E-state index contributed by atoms with van der Waals surface area (Å²) in [6.07, 6.45) is 2.94. The van der Waals surface area contributed by atoms with Crippen LogP contribution in [0.5, 0.6) is 5.75 Å². The van der Waals surface area contributed by atoms with Gasteiger partial charge >= 0.3 is 5.97 Å². The Labute approximate surface area is 110 Å². The van der Waals surface area contributed by atoms with Crippen molar-refractivity contribution in [3.63, 3.8) is 0 Å². The molecule has 0 bridgehead atoms. The maximum atomic E-state index is 13.7. The molecule has 2 rings (SSSR count). The average Bonchev–Trinajstić information content (AvgIpc) is 2.41. The molecule has 1 aromatic rings. The van der Waals surface area contributed by atoms with Crippen molar-refractivity contribution in [2.45, 2.75) is 31.6 Å². The van der Waals surface area contributed by atoms with E-state index < -0.39 is 23.5 Å². The van der Waals surface area contributed by atoms with Crippen LogP contribution in [0.3, 0.4) is 0 Å². The Morgan fingerprint density at radius 3 is 2.63 bits per heavy atom. The van der Waals surface area contributed by atoms with Crippen molar-refractivity contribution in [1.82, 2.24) is 0 Å². The molecule has 5 heteroatoms. The highest BCUT2D eigenvalue weighted by atomic mass is 19.2. The molecule has 19 heavy (non-hydrogen) atoms. The van der Waals surface area contributed by atoms with Crippen LogP contribution in [0, 0.1) is 17.6 Å². The Hall–Kier alpha value is -1.65. The van der Waals surface area contributed by atoms with E-state index in [4.69, 9.17) is 4.74 Å². The number of benzene rings is 1. The Bertz CT molecular complexity index is 488. The van der Waals surface area contributed by atoms with Gasteiger partial charge in [0.25, 0.3) is 0 Å². The molecule has 0 aromatic heterocycles. The molecule has 1 aliphatic rings. The van der Waals surface area contributed by atoms with Crippen LogP contribution in [0.1, 0.15) is 37.2 Å². The summed E-state index contributed by atoms with van der Waals surface area (Å²) in [4.78, 5) is 11.3. The molecule has 3 nitrogen and oxygen atoms in total. The van der Waals surface area contributed by atoms with Gasteiger partial charge in [-0.25, -0.2) is 4.39 Å². The van der Waals surface area contributed by atoms with Crippen LogP contribution in [0.4, 0.5) is 8.78 Å². The van der Waals surface area contributed by atoms with E-state index in [9.17, 15) is 18.7 Å². The zero-order chi connectivity index (χ0) is 14.0. The molecular weight excluding hydrogens is 254 g/mol. The summed E-state index contributed by atoms with van der Waals surface area (Å²) >= 11 is 0. The number of rotatable bonds is 3. The molecule has 1 aromatic carbocycles. The highest BCUT2D eigenvalue weighted by Crippen LogP contribution is 2.42. The predicted octanol–water partition coefficient (Wildman–Crippen LogP) is 3.33. The number of ether oxygens (including phenoxy) is 1. The highest BCUT2D eigenvalue weighted by Gasteiger charge is 2.34. The van der Waals surface area contributed by atoms with Crippen LogP contribution in [0.15, 0.2) is 12.1 Å². The monoisotopic (exact) mass is 270 g/mol. The molecule has 0 amide bonds. The van der Waals surface area contributed by atoms with Gasteiger partial charge in [-0.3, -0.25) is 4.79 Å². The first-order valence-electron chi connectivity index (χ1n) is 6.31. The summed E-state index contributed by atoms with van der Waals surface area (Å²) in [6, 6.07) is 2.46. The van der Waals surface area contributed by atoms with E-state index in [-0.39, 0.29) is 11.7 Å². The van der Waals surface area contributed by atoms with Crippen molar-refractivity contribution in [3.05, 3.63) is 29.3 Å². The Kier molecular flexibility index (Phi) is 4.02. The molecule has 0 saturated heterocycles. The number of carboxylic acids is 1. The topological polar surface area (TPSA) is 46.5 Å². The fraction of sp³-hybridized carbons (Fsp3) is 0.500. The molecule has 1 fully saturated rings. The largest absolute Gasteiger partial charge is 0.493 e. The maximum Gasteiger partial charge on any atom is 0.307 e. The number of hydrogen-bond acceptors (Lipinski definition) is 2. The lowest BCUT2D eigenvalue weighted by Gasteiger charge is -2.30. The normalized spacial score (nSPS) is 23.1. The average molecular weight is 270 g/mol. The van der Waals surface area contributed by atoms with Crippen molar-refractivity contribution in [1.29, 1.82) is 0 Å². The van der Waals surface area contributed by atoms with Crippen LogP contribution in [-0.2, 0) is 4.79 Å². The zero-order valence-electron chi connectivity index (χ0n) is 10.7. The SMILES string of the molecule is COc1c(C2CCCCC2C(=O)O)ccc(F)c1F.